The van der Waals surface area contributed by atoms with Crippen LogP contribution in [0.3, 0.4) is 0 Å². The summed E-state index contributed by atoms with van der Waals surface area (Å²) in [6.45, 7) is 4.34. The summed E-state index contributed by atoms with van der Waals surface area (Å²) in [7, 11) is -7.24. The fourth-order valence-corrected chi connectivity index (χ4v) is 9.50. The number of sulfone groups is 2. The zero-order valence-electron chi connectivity index (χ0n) is 18.4. The van der Waals surface area contributed by atoms with Crippen LogP contribution in [-0.2, 0) is 26.1 Å². The third-order valence-electron chi connectivity index (χ3n) is 6.64. The van der Waals surface area contributed by atoms with E-state index in [2.05, 4.69) is 10.2 Å². The molecular weight excluding hydrogens is 448 g/mol. The van der Waals surface area contributed by atoms with Crippen molar-refractivity contribution in [2.75, 3.05) is 31.1 Å². The molecule has 2 fully saturated rings. The molecule has 3 atom stereocenters. The van der Waals surface area contributed by atoms with Crippen molar-refractivity contribution in [2.45, 2.75) is 54.8 Å². The van der Waals surface area contributed by atoms with Crippen molar-refractivity contribution in [3.8, 4) is 0 Å². The second-order valence-electron chi connectivity index (χ2n) is 8.80. The Kier molecular flexibility index (Phi) is 7.09. The monoisotopic (exact) mass is 480 g/mol. The van der Waals surface area contributed by atoms with Crippen molar-refractivity contribution in [1.82, 2.24) is 10.2 Å². The molecule has 3 heterocycles. The zero-order chi connectivity index (χ0) is 22.8. The summed E-state index contributed by atoms with van der Waals surface area (Å²) in [4.78, 5) is 2.52. The summed E-state index contributed by atoms with van der Waals surface area (Å²) >= 11 is 0. The van der Waals surface area contributed by atoms with Gasteiger partial charge in [-0.25, -0.2) is 16.8 Å². The highest BCUT2D eigenvalue weighted by atomic mass is 32.2. The summed E-state index contributed by atoms with van der Waals surface area (Å²) in [5, 5.41) is 2.31. The minimum Gasteiger partial charge on any atom is -0.468 e. The van der Waals surface area contributed by atoms with Crippen LogP contribution in [-0.4, -0.2) is 64.2 Å². The second kappa shape index (κ2) is 9.67. The Hall–Kier alpha value is -1.68. The van der Waals surface area contributed by atoms with Gasteiger partial charge < -0.3 is 9.73 Å². The topological polar surface area (TPSA) is 96.7 Å². The first-order valence-electron chi connectivity index (χ1n) is 11.3. The number of benzene rings is 1. The van der Waals surface area contributed by atoms with Crippen LogP contribution >= 0.6 is 0 Å². The van der Waals surface area contributed by atoms with Crippen LogP contribution in [0.5, 0.6) is 0 Å². The van der Waals surface area contributed by atoms with E-state index < -0.39 is 31.0 Å². The molecule has 2 aliphatic heterocycles. The van der Waals surface area contributed by atoms with E-state index in [1.165, 1.54) is 6.42 Å². The zero-order valence-corrected chi connectivity index (χ0v) is 20.1. The molecule has 0 amide bonds. The van der Waals surface area contributed by atoms with Gasteiger partial charge in [0.15, 0.2) is 19.7 Å². The largest absolute Gasteiger partial charge is 0.468 e. The molecule has 9 heteroatoms. The first-order chi connectivity index (χ1) is 15.3. The smallest absolute Gasteiger partial charge is 0.183 e. The van der Waals surface area contributed by atoms with Crippen LogP contribution in [0.4, 0.5) is 0 Å². The van der Waals surface area contributed by atoms with E-state index in [1.807, 2.05) is 19.1 Å². The maximum absolute atomic E-state index is 13.4. The summed E-state index contributed by atoms with van der Waals surface area (Å²) in [6.07, 6.45) is 5.87. The molecule has 1 aromatic carbocycles. The van der Waals surface area contributed by atoms with Crippen LogP contribution in [0.25, 0.3) is 0 Å². The second-order valence-corrected chi connectivity index (χ2v) is 13.1. The molecule has 7 nitrogen and oxygen atoms in total. The molecule has 0 aliphatic carbocycles. The number of rotatable bonds is 8. The SMILES string of the molecule is CCc1ccc(S(=O)(=O)[C@H]2CS(=O)(=O)C[C@@H]2NCC(c2ccco2)N2CCCCC2)cc1. The molecule has 0 spiro atoms. The van der Waals surface area contributed by atoms with Crippen molar-refractivity contribution >= 4 is 19.7 Å². The van der Waals surface area contributed by atoms with Gasteiger partial charge in [-0.05, 0) is 62.2 Å². The lowest BCUT2D eigenvalue weighted by molar-refractivity contribution is 0.141. The predicted octanol–water partition coefficient (Wildman–Crippen LogP) is 2.60. The average Bonchev–Trinajstić information content (AvgIpc) is 3.43. The van der Waals surface area contributed by atoms with E-state index in [1.54, 1.807) is 30.5 Å². The number of nitrogens with one attached hydrogen (secondary N) is 1. The molecule has 1 unspecified atom stereocenters. The number of piperidine rings is 1. The molecule has 0 radical (unpaired) electrons. The number of hydrogen-bond acceptors (Lipinski definition) is 7. The molecule has 2 aromatic rings. The number of aryl methyl sites for hydroxylation is 1. The minimum atomic E-state index is -3.79. The third-order valence-corrected chi connectivity index (χ3v) is 10.8. The van der Waals surface area contributed by atoms with Gasteiger partial charge in [-0.2, -0.15) is 0 Å². The molecular formula is C23H32N2O5S2. The summed E-state index contributed by atoms with van der Waals surface area (Å²) in [6, 6.07) is 9.84. The van der Waals surface area contributed by atoms with Crippen LogP contribution in [0, 0.1) is 0 Å². The Morgan fingerprint density at radius 3 is 2.44 bits per heavy atom. The summed E-state index contributed by atoms with van der Waals surface area (Å²) < 4.78 is 57.4. The normalized spacial score (nSPS) is 25.0. The van der Waals surface area contributed by atoms with Gasteiger partial charge in [0.25, 0.3) is 0 Å². The Bertz CT molecular complexity index is 1090. The maximum Gasteiger partial charge on any atom is 0.183 e. The number of likely N-dealkylation sites (tertiary alicyclic amines) is 1. The quantitative estimate of drug-likeness (QED) is 0.620. The van der Waals surface area contributed by atoms with E-state index in [-0.39, 0.29) is 22.4 Å². The van der Waals surface area contributed by atoms with Crippen LogP contribution in [0.1, 0.15) is 43.6 Å². The van der Waals surface area contributed by atoms with Gasteiger partial charge in [0.2, 0.25) is 0 Å². The standard InChI is InChI=1S/C23H32N2O5S2/c1-2-18-8-10-19(11-9-18)32(28,29)23-17-31(26,27)16-20(23)24-15-21(22-7-6-14-30-22)25-12-4-3-5-13-25/h6-11,14,20-21,23-24H,2-5,12-13,15-17H2,1H3/t20-,21?,23-/m0/s1. The first kappa shape index (κ1) is 23.5. The fourth-order valence-electron chi connectivity index (χ4n) is 4.78. The number of furan rings is 1. The lowest BCUT2D eigenvalue weighted by Gasteiger charge is -2.34. The highest BCUT2D eigenvalue weighted by molar-refractivity contribution is 7.96. The van der Waals surface area contributed by atoms with E-state index in [9.17, 15) is 16.8 Å². The predicted molar refractivity (Wildman–Crippen MR) is 124 cm³/mol. The lowest BCUT2D eigenvalue weighted by atomic mass is 10.1. The molecule has 32 heavy (non-hydrogen) atoms. The van der Waals surface area contributed by atoms with Crippen LogP contribution < -0.4 is 5.32 Å². The summed E-state index contributed by atoms with van der Waals surface area (Å²) in [5.41, 5.74) is 1.04. The molecule has 2 saturated heterocycles. The molecule has 2 aliphatic rings. The van der Waals surface area contributed by atoms with Gasteiger partial charge in [0.1, 0.15) is 5.76 Å². The van der Waals surface area contributed by atoms with E-state index >= 15 is 0 Å². The van der Waals surface area contributed by atoms with E-state index in [0.717, 1.165) is 43.7 Å². The van der Waals surface area contributed by atoms with E-state index in [4.69, 9.17) is 4.42 Å². The highest BCUT2D eigenvalue weighted by Gasteiger charge is 2.46. The maximum atomic E-state index is 13.4. The van der Waals surface area contributed by atoms with Gasteiger partial charge in [-0.3, -0.25) is 4.90 Å². The van der Waals surface area contributed by atoms with Crippen molar-refractivity contribution < 1.29 is 21.3 Å². The first-order valence-corrected chi connectivity index (χ1v) is 14.7. The Labute approximate surface area is 191 Å². The molecule has 0 saturated carbocycles. The lowest BCUT2D eigenvalue weighted by Crippen LogP contribution is -2.47. The van der Waals surface area contributed by atoms with Gasteiger partial charge in [0.05, 0.1) is 34.0 Å². The molecule has 176 valence electrons. The van der Waals surface area contributed by atoms with Crippen LogP contribution in [0.15, 0.2) is 52.0 Å². The van der Waals surface area contributed by atoms with Crippen molar-refractivity contribution in [3.05, 3.63) is 54.0 Å². The van der Waals surface area contributed by atoms with Gasteiger partial charge in [-0.15, -0.1) is 0 Å². The molecule has 1 N–H and O–H groups in total. The Morgan fingerprint density at radius 1 is 1.09 bits per heavy atom. The van der Waals surface area contributed by atoms with Crippen molar-refractivity contribution in [1.29, 1.82) is 0 Å². The van der Waals surface area contributed by atoms with Crippen molar-refractivity contribution in [3.63, 3.8) is 0 Å². The number of nitrogens with zero attached hydrogens (tertiary/aromatic N) is 1. The van der Waals surface area contributed by atoms with Crippen molar-refractivity contribution in [2.24, 2.45) is 0 Å². The van der Waals surface area contributed by atoms with Gasteiger partial charge in [0, 0.05) is 12.6 Å². The Balaban J connectivity index is 1.55. The Morgan fingerprint density at radius 2 is 1.81 bits per heavy atom. The highest BCUT2D eigenvalue weighted by Crippen LogP contribution is 2.29. The molecule has 0 bridgehead atoms. The molecule has 4 rings (SSSR count). The summed E-state index contributed by atoms with van der Waals surface area (Å²) in [5.74, 6) is 0.293. The minimum absolute atomic E-state index is 0.0548. The van der Waals surface area contributed by atoms with Crippen LogP contribution in [0.2, 0.25) is 0 Å². The van der Waals surface area contributed by atoms with Gasteiger partial charge in [-0.1, -0.05) is 25.5 Å². The fraction of sp³-hybridized carbons (Fsp3) is 0.565. The number of hydrogen-bond donors (Lipinski definition) is 1. The third kappa shape index (κ3) is 5.11. The average molecular weight is 481 g/mol. The van der Waals surface area contributed by atoms with E-state index in [0.29, 0.717) is 6.54 Å². The molecule has 1 aromatic heterocycles. The van der Waals surface area contributed by atoms with Gasteiger partial charge >= 0.3 is 0 Å².